The van der Waals surface area contributed by atoms with Crippen LogP contribution in [0.2, 0.25) is 0 Å². The molecule has 3 N–H and O–H groups in total. The second kappa shape index (κ2) is 9.07. The fourth-order valence-corrected chi connectivity index (χ4v) is 3.09. The number of carbonyl (C=O) groups excluding carboxylic acids is 1. The fraction of sp³-hybridized carbons (Fsp3) is 0.650. The predicted octanol–water partition coefficient (Wildman–Crippen LogP) is 3.57. The van der Waals surface area contributed by atoms with Crippen molar-refractivity contribution in [3.05, 3.63) is 29.8 Å². The molecule has 0 atom stereocenters. The summed E-state index contributed by atoms with van der Waals surface area (Å²) in [6, 6.07) is 8.14. The minimum atomic E-state index is -0.287. The molecule has 1 saturated carbocycles. The van der Waals surface area contributed by atoms with E-state index in [-0.39, 0.29) is 11.4 Å². The van der Waals surface area contributed by atoms with Crippen molar-refractivity contribution in [2.24, 2.45) is 5.73 Å². The Balaban J connectivity index is 1.77. The normalized spacial score (nSPS) is 15.5. The summed E-state index contributed by atoms with van der Waals surface area (Å²) in [5.41, 5.74) is 7.08. The molecule has 24 heavy (non-hydrogen) atoms. The molecule has 0 spiro atoms. The highest BCUT2D eigenvalue weighted by Gasteiger charge is 2.20. The van der Waals surface area contributed by atoms with Gasteiger partial charge < -0.3 is 15.8 Å². The molecule has 1 aromatic carbocycles. The predicted molar refractivity (Wildman–Crippen MR) is 98.2 cm³/mol. The number of ether oxygens (including phenoxy) is 1. The van der Waals surface area contributed by atoms with Crippen molar-refractivity contribution in [1.29, 1.82) is 0 Å². The van der Waals surface area contributed by atoms with E-state index in [0.29, 0.717) is 19.1 Å². The summed E-state index contributed by atoms with van der Waals surface area (Å²) < 4.78 is 6.03. The number of nitrogens with two attached hydrogens (primary N) is 1. The molecule has 1 aliphatic rings. The molecule has 0 unspecified atom stereocenters. The first-order valence-corrected chi connectivity index (χ1v) is 9.36. The van der Waals surface area contributed by atoms with Crippen LogP contribution in [0, 0.1) is 0 Å². The zero-order chi connectivity index (χ0) is 17.4. The molecule has 0 aromatic heterocycles. The van der Waals surface area contributed by atoms with Crippen LogP contribution in [0.25, 0.3) is 0 Å². The lowest BCUT2D eigenvalue weighted by Crippen LogP contribution is -2.49. The fourth-order valence-electron chi connectivity index (χ4n) is 3.09. The number of hydrogen-bond donors (Lipinski definition) is 2. The molecular weight excluding hydrogens is 300 g/mol. The van der Waals surface area contributed by atoms with Crippen LogP contribution in [0.4, 0.5) is 0 Å². The molecular formula is C20H32N2O2. The number of nitrogens with one attached hydrogen (secondary N) is 1. The van der Waals surface area contributed by atoms with Gasteiger partial charge in [-0.25, -0.2) is 0 Å². The molecule has 1 fully saturated rings. The summed E-state index contributed by atoms with van der Waals surface area (Å²) in [5, 5.41) is 2.97. The standard InChI is InChI=1S/C20H32N2O2/c1-3-20(21,4-2)15-22-19(23)13-12-16-8-7-11-18(14-16)24-17-9-5-6-10-17/h7-8,11,14,17H,3-6,9-10,12-13,15,21H2,1-2H3,(H,22,23). The summed E-state index contributed by atoms with van der Waals surface area (Å²) in [7, 11) is 0. The first-order valence-electron chi connectivity index (χ1n) is 9.36. The zero-order valence-corrected chi connectivity index (χ0v) is 15.1. The van der Waals surface area contributed by atoms with Gasteiger partial charge in [-0.2, -0.15) is 0 Å². The van der Waals surface area contributed by atoms with Crippen molar-refractivity contribution in [3.8, 4) is 5.75 Å². The average molecular weight is 332 g/mol. The van der Waals surface area contributed by atoms with Crippen LogP contribution in [0.1, 0.15) is 64.4 Å². The van der Waals surface area contributed by atoms with Crippen LogP contribution in [-0.4, -0.2) is 24.1 Å². The lowest BCUT2D eigenvalue weighted by Gasteiger charge is -2.26. The molecule has 1 aliphatic carbocycles. The van der Waals surface area contributed by atoms with E-state index in [1.807, 2.05) is 12.1 Å². The van der Waals surface area contributed by atoms with Crippen LogP contribution >= 0.6 is 0 Å². The third kappa shape index (κ3) is 5.82. The Labute approximate surface area is 146 Å². The molecule has 0 heterocycles. The largest absolute Gasteiger partial charge is 0.490 e. The number of carbonyl (C=O) groups is 1. The number of hydrogen-bond acceptors (Lipinski definition) is 3. The number of aryl methyl sites for hydroxylation is 1. The third-order valence-electron chi connectivity index (χ3n) is 5.19. The first kappa shape index (κ1) is 18.8. The van der Waals surface area contributed by atoms with Gasteiger partial charge >= 0.3 is 0 Å². The second-order valence-electron chi connectivity index (χ2n) is 7.02. The zero-order valence-electron chi connectivity index (χ0n) is 15.1. The van der Waals surface area contributed by atoms with Gasteiger partial charge in [-0.05, 0) is 62.6 Å². The SMILES string of the molecule is CCC(N)(CC)CNC(=O)CCc1cccc(OC2CCCC2)c1. The van der Waals surface area contributed by atoms with Gasteiger partial charge in [0.1, 0.15) is 5.75 Å². The molecule has 4 nitrogen and oxygen atoms in total. The van der Waals surface area contributed by atoms with E-state index < -0.39 is 0 Å². The third-order valence-corrected chi connectivity index (χ3v) is 5.19. The maximum Gasteiger partial charge on any atom is 0.220 e. The Kier molecular flexibility index (Phi) is 7.10. The van der Waals surface area contributed by atoms with Crippen LogP contribution in [0.3, 0.4) is 0 Å². The summed E-state index contributed by atoms with van der Waals surface area (Å²) in [6.45, 7) is 4.67. The Morgan fingerprint density at radius 1 is 1.29 bits per heavy atom. The van der Waals surface area contributed by atoms with Crippen LogP contribution in [-0.2, 0) is 11.2 Å². The summed E-state index contributed by atoms with van der Waals surface area (Å²) in [6.07, 6.45) is 8.15. The lowest BCUT2D eigenvalue weighted by molar-refractivity contribution is -0.121. The van der Waals surface area contributed by atoms with Gasteiger partial charge in [0.2, 0.25) is 5.91 Å². The van der Waals surface area contributed by atoms with E-state index in [9.17, 15) is 4.79 Å². The Morgan fingerprint density at radius 2 is 2.00 bits per heavy atom. The monoisotopic (exact) mass is 332 g/mol. The quantitative estimate of drug-likeness (QED) is 0.726. The highest BCUT2D eigenvalue weighted by molar-refractivity contribution is 5.76. The Bertz CT molecular complexity index is 520. The average Bonchev–Trinajstić information content (AvgIpc) is 3.11. The topological polar surface area (TPSA) is 64.3 Å². The van der Waals surface area contributed by atoms with Crippen molar-refractivity contribution < 1.29 is 9.53 Å². The van der Waals surface area contributed by atoms with E-state index in [1.165, 1.54) is 12.8 Å². The van der Waals surface area contributed by atoms with Gasteiger partial charge in [0, 0.05) is 18.5 Å². The maximum atomic E-state index is 12.1. The van der Waals surface area contributed by atoms with Gasteiger partial charge in [-0.1, -0.05) is 26.0 Å². The molecule has 0 radical (unpaired) electrons. The van der Waals surface area contributed by atoms with E-state index in [1.54, 1.807) is 0 Å². The summed E-state index contributed by atoms with van der Waals surface area (Å²) in [4.78, 5) is 12.1. The molecule has 4 heteroatoms. The van der Waals surface area contributed by atoms with Gasteiger partial charge in [0.25, 0.3) is 0 Å². The second-order valence-corrected chi connectivity index (χ2v) is 7.02. The molecule has 134 valence electrons. The van der Waals surface area contributed by atoms with E-state index in [4.69, 9.17) is 10.5 Å². The minimum Gasteiger partial charge on any atom is -0.490 e. The molecule has 1 amide bonds. The molecule has 2 rings (SSSR count). The van der Waals surface area contributed by atoms with Crippen LogP contribution in [0.15, 0.2) is 24.3 Å². The maximum absolute atomic E-state index is 12.1. The van der Waals surface area contributed by atoms with Crippen molar-refractivity contribution in [2.45, 2.75) is 76.9 Å². The highest BCUT2D eigenvalue weighted by atomic mass is 16.5. The highest BCUT2D eigenvalue weighted by Crippen LogP contribution is 2.24. The first-order chi connectivity index (χ1) is 11.5. The number of amides is 1. The summed E-state index contributed by atoms with van der Waals surface area (Å²) >= 11 is 0. The van der Waals surface area contributed by atoms with Gasteiger partial charge in [-0.15, -0.1) is 0 Å². The van der Waals surface area contributed by atoms with Crippen molar-refractivity contribution in [1.82, 2.24) is 5.32 Å². The van der Waals surface area contributed by atoms with Gasteiger partial charge in [-0.3, -0.25) is 4.79 Å². The van der Waals surface area contributed by atoms with Gasteiger partial charge in [0.05, 0.1) is 6.10 Å². The van der Waals surface area contributed by atoms with E-state index in [2.05, 4.69) is 31.3 Å². The van der Waals surface area contributed by atoms with Gasteiger partial charge in [0.15, 0.2) is 0 Å². The van der Waals surface area contributed by atoms with Crippen LogP contribution < -0.4 is 15.8 Å². The molecule has 0 aliphatic heterocycles. The van der Waals surface area contributed by atoms with E-state index in [0.717, 1.165) is 43.4 Å². The minimum absolute atomic E-state index is 0.0637. The Morgan fingerprint density at radius 3 is 2.67 bits per heavy atom. The van der Waals surface area contributed by atoms with Crippen molar-refractivity contribution >= 4 is 5.91 Å². The molecule has 0 saturated heterocycles. The van der Waals surface area contributed by atoms with Crippen molar-refractivity contribution in [3.63, 3.8) is 0 Å². The van der Waals surface area contributed by atoms with Crippen LogP contribution in [0.5, 0.6) is 5.75 Å². The summed E-state index contributed by atoms with van der Waals surface area (Å²) in [5.74, 6) is 0.992. The lowest BCUT2D eigenvalue weighted by atomic mass is 9.94. The number of rotatable bonds is 9. The smallest absolute Gasteiger partial charge is 0.220 e. The Hall–Kier alpha value is -1.55. The van der Waals surface area contributed by atoms with Crippen molar-refractivity contribution in [2.75, 3.05) is 6.54 Å². The number of benzene rings is 1. The molecule has 1 aromatic rings. The van der Waals surface area contributed by atoms with E-state index >= 15 is 0 Å². The molecule has 0 bridgehead atoms.